The van der Waals surface area contributed by atoms with E-state index in [0.717, 1.165) is 0 Å². The monoisotopic (exact) mass is 399 g/mol. The number of carbonyl (C=O) groups excluding carboxylic acids is 2. The third-order valence-electron chi connectivity index (χ3n) is 3.97. The van der Waals surface area contributed by atoms with Crippen molar-refractivity contribution in [2.24, 2.45) is 11.8 Å². The van der Waals surface area contributed by atoms with Gasteiger partial charge in [0.1, 0.15) is 0 Å². The van der Waals surface area contributed by atoms with Gasteiger partial charge in [-0.2, -0.15) is 0 Å². The largest absolute Gasteiger partial charge is 0.480 e. The van der Waals surface area contributed by atoms with Gasteiger partial charge >= 0.3 is 11.9 Å². The maximum Gasteiger partial charge on any atom is 0.329 e. The van der Waals surface area contributed by atoms with Crippen molar-refractivity contribution in [2.75, 3.05) is 0 Å². The molecule has 0 aliphatic heterocycles. The standard InChI is InChI=1S/C19H26ClNO6/c1-11(2)18(25)26-19(12(3)4)27-21(10-22)16(17(23)24)13(5)14-6-8-15(20)9-7-14/h6-13,16,19H,1-5H3,(H,23,24)/t13?,16?,19-/m0/s1. The number of halogens is 1. The molecule has 7 nitrogen and oxygen atoms in total. The van der Waals surface area contributed by atoms with Gasteiger partial charge in [0, 0.05) is 16.9 Å². The molecule has 27 heavy (non-hydrogen) atoms. The molecule has 1 amide bonds. The number of rotatable bonds is 10. The number of aliphatic carboxylic acids is 1. The molecule has 0 aromatic heterocycles. The molecule has 0 aliphatic rings. The molecular weight excluding hydrogens is 374 g/mol. The van der Waals surface area contributed by atoms with E-state index in [1.807, 2.05) is 0 Å². The Balaban J connectivity index is 3.07. The number of amides is 1. The van der Waals surface area contributed by atoms with Crippen molar-refractivity contribution in [1.29, 1.82) is 0 Å². The molecule has 0 radical (unpaired) electrons. The van der Waals surface area contributed by atoms with Crippen LogP contribution in [0.2, 0.25) is 5.02 Å². The van der Waals surface area contributed by atoms with E-state index in [0.29, 0.717) is 15.6 Å². The fraction of sp³-hybridized carbons (Fsp3) is 0.526. The summed E-state index contributed by atoms with van der Waals surface area (Å²) in [7, 11) is 0. The molecule has 8 heteroatoms. The summed E-state index contributed by atoms with van der Waals surface area (Å²) in [4.78, 5) is 40.8. The SMILES string of the molecule is CC(C)C(=O)O[C@@H](ON(C=O)C(C(=O)O)C(C)c1ccc(Cl)cc1)C(C)C. The maximum absolute atomic E-state index is 11.9. The molecule has 150 valence electrons. The van der Waals surface area contributed by atoms with Gasteiger partial charge in [0.15, 0.2) is 6.04 Å². The van der Waals surface area contributed by atoms with Crippen molar-refractivity contribution in [3.8, 4) is 0 Å². The molecule has 0 fully saturated rings. The average molecular weight is 400 g/mol. The van der Waals surface area contributed by atoms with E-state index in [4.69, 9.17) is 21.2 Å². The normalized spacial score (nSPS) is 14.5. The number of benzene rings is 1. The first-order valence-corrected chi connectivity index (χ1v) is 9.05. The molecule has 0 aliphatic carbocycles. The van der Waals surface area contributed by atoms with Crippen LogP contribution in [0.5, 0.6) is 0 Å². The molecule has 0 bridgehead atoms. The van der Waals surface area contributed by atoms with E-state index in [9.17, 15) is 19.5 Å². The number of carbonyl (C=O) groups is 3. The summed E-state index contributed by atoms with van der Waals surface area (Å²) in [6, 6.07) is 5.33. The molecule has 1 N–H and O–H groups in total. The molecule has 1 aromatic carbocycles. The molecule has 1 rings (SSSR count). The molecule has 0 heterocycles. The molecule has 0 spiro atoms. The summed E-state index contributed by atoms with van der Waals surface area (Å²) >= 11 is 5.87. The summed E-state index contributed by atoms with van der Waals surface area (Å²) in [6.07, 6.45) is -0.812. The number of carboxylic acids is 1. The van der Waals surface area contributed by atoms with Crippen LogP contribution in [0.4, 0.5) is 0 Å². The van der Waals surface area contributed by atoms with Crippen LogP contribution in [0.3, 0.4) is 0 Å². The van der Waals surface area contributed by atoms with Crippen LogP contribution in [0.25, 0.3) is 0 Å². The topological polar surface area (TPSA) is 93.1 Å². The highest BCUT2D eigenvalue weighted by Crippen LogP contribution is 2.26. The van der Waals surface area contributed by atoms with E-state index in [-0.39, 0.29) is 18.2 Å². The Morgan fingerprint density at radius 1 is 1.11 bits per heavy atom. The fourth-order valence-electron chi connectivity index (χ4n) is 2.30. The highest BCUT2D eigenvalue weighted by molar-refractivity contribution is 6.30. The van der Waals surface area contributed by atoms with E-state index >= 15 is 0 Å². The Kier molecular flexibility index (Phi) is 8.72. The van der Waals surface area contributed by atoms with Gasteiger partial charge in [-0.15, -0.1) is 0 Å². The smallest absolute Gasteiger partial charge is 0.329 e. The maximum atomic E-state index is 11.9. The molecule has 1 aromatic rings. The zero-order valence-electron chi connectivity index (χ0n) is 16.1. The summed E-state index contributed by atoms with van der Waals surface area (Å²) in [6.45, 7) is 8.46. The van der Waals surface area contributed by atoms with E-state index < -0.39 is 30.2 Å². The van der Waals surface area contributed by atoms with E-state index in [1.54, 1.807) is 58.9 Å². The lowest BCUT2D eigenvalue weighted by Gasteiger charge is -2.33. The number of ether oxygens (including phenoxy) is 1. The number of hydrogen-bond acceptors (Lipinski definition) is 5. The number of carboxylic acid groups (broad SMARTS) is 1. The van der Waals surface area contributed by atoms with Crippen LogP contribution in [0.1, 0.15) is 46.1 Å². The van der Waals surface area contributed by atoms with Gasteiger partial charge in [-0.1, -0.05) is 58.4 Å². The summed E-state index contributed by atoms with van der Waals surface area (Å²) in [5, 5.41) is 10.9. The van der Waals surface area contributed by atoms with Crippen LogP contribution >= 0.6 is 11.6 Å². The zero-order valence-corrected chi connectivity index (χ0v) is 16.8. The van der Waals surface area contributed by atoms with Crippen LogP contribution in [0, 0.1) is 11.8 Å². The third kappa shape index (κ3) is 6.52. The number of nitrogens with zero attached hydrogens (tertiary/aromatic N) is 1. The van der Waals surface area contributed by atoms with Gasteiger partial charge in [0.2, 0.25) is 12.7 Å². The van der Waals surface area contributed by atoms with Crippen molar-refractivity contribution in [3.05, 3.63) is 34.9 Å². The number of hydroxylamine groups is 2. The minimum Gasteiger partial charge on any atom is -0.480 e. The van der Waals surface area contributed by atoms with Crippen molar-refractivity contribution in [3.63, 3.8) is 0 Å². The quantitative estimate of drug-likeness (QED) is 0.280. The predicted molar refractivity (Wildman–Crippen MR) is 99.8 cm³/mol. The van der Waals surface area contributed by atoms with Crippen molar-refractivity contribution >= 4 is 29.9 Å². The Morgan fingerprint density at radius 3 is 2.07 bits per heavy atom. The Labute approximate surface area is 164 Å². The highest BCUT2D eigenvalue weighted by atomic mass is 35.5. The summed E-state index contributed by atoms with van der Waals surface area (Å²) in [5.41, 5.74) is 0.669. The summed E-state index contributed by atoms with van der Waals surface area (Å²) in [5.74, 6) is -3.03. The lowest BCUT2D eigenvalue weighted by atomic mass is 9.93. The second-order valence-corrected chi connectivity index (χ2v) is 7.33. The molecular formula is C19H26ClNO6. The van der Waals surface area contributed by atoms with Crippen LogP contribution < -0.4 is 0 Å². The van der Waals surface area contributed by atoms with Gasteiger partial charge < -0.3 is 9.84 Å². The van der Waals surface area contributed by atoms with Gasteiger partial charge in [-0.3, -0.25) is 9.59 Å². The van der Waals surface area contributed by atoms with Gasteiger partial charge in [0.05, 0.1) is 5.92 Å². The van der Waals surface area contributed by atoms with Crippen LogP contribution in [-0.4, -0.2) is 40.9 Å². The second-order valence-electron chi connectivity index (χ2n) is 6.90. The molecule has 0 saturated heterocycles. The molecule has 0 saturated carbocycles. The van der Waals surface area contributed by atoms with Gasteiger partial charge in [0.25, 0.3) is 0 Å². The lowest BCUT2D eigenvalue weighted by molar-refractivity contribution is -0.283. The van der Waals surface area contributed by atoms with Crippen molar-refractivity contribution in [1.82, 2.24) is 5.06 Å². The van der Waals surface area contributed by atoms with Gasteiger partial charge in [-0.05, 0) is 17.7 Å². The third-order valence-corrected chi connectivity index (χ3v) is 4.23. The minimum absolute atomic E-state index is 0.282. The molecule has 2 unspecified atom stereocenters. The minimum atomic E-state index is -1.32. The molecule has 3 atom stereocenters. The highest BCUT2D eigenvalue weighted by Gasteiger charge is 2.35. The fourth-order valence-corrected chi connectivity index (χ4v) is 2.42. The van der Waals surface area contributed by atoms with Crippen LogP contribution in [-0.2, 0) is 24.0 Å². The predicted octanol–water partition coefficient (Wildman–Crippen LogP) is 3.47. The second kappa shape index (κ2) is 10.3. The first-order chi connectivity index (χ1) is 12.6. The van der Waals surface area contributed by atoms with Gasteiger partial charge in [-0.25, -0.2) is 14.7 Å². The number of esters is 1. The van der Waals surface area contributed by atoms with E-state index in [2.05, 4.69) is 0 Å². The Bertz CT molecular complexity index is 646. The number of hydrogen-bond donors (Lipinski definition) is 1. The van der Waals surface area contributed by atoms with E-state index in [1.165, 1.54) is 0 Å². The lowest BCUT2D eigenvalue weighted by Crippen LogP contribution is -2.47. The first-order valence-electron chi connectivity index (χ1n) is 8.67. The van der Waals surface area contributed by atoms with Crippen molar-refractivity contribution < 1.29 is 29.1 Å². The van der Waals surface area contributed by atoms with Crippen LogP contribution in [0.15, 0.2) is 24.3 Å². The van der Waals surface area contributed by atoms with Crippen molar-refractivity contribution in [2.45, 2.75) is 52.9 Å². The summed E-state index contributed by atoms with van der Waals surface area (Å²) < 4.78 is 5.26. The zero-order chi connectivity index (χ0) is 20.7. The Hall–Kier alpha value is -2.12. The first kappa shape index (κ1) is 22.9. The average Bonchev–Trinajstić information content (AvgIpc) is 2.59. The Morgan fingerprint density at radius 2 is 1.67 bits per heavy atom.